The lowest BCUT2D eigenvalue weighted by Crippen LogP contribution is -2.08. The van der Waals surface area contributed by atoms with Gasteiger partial charge in [-0.05, 0) is 37.1 Å². The van der Waals surface area contributed by atoms with Crippen molar-refractivity contribution in [3.8, 4) is 5.75 Å². The number of halogens is 2. The van der Waals surface area contributed by atoms with Crippen LogP contribution in [0.5, 0.6) is 5.75 Å². The summed E-state index contributed by atoms with van der Waals surface area (Å²) in [5, 5.41) is 0. The number of esters is 2. The SMILES string of the molecule is CCOC(=O)CCc1cc(OC(F)F)cc(C(=O)OC)c1. The average Bonchev–Trinajstić information content (AvgIpc) is 2.43. The number of carbonyl (C=O) groups excluding carboxylic acids is 2. The Hall–Kier alpha value is -2.18. The summed E-state index contributed by atoms with van der Waals surface area (Å²) in [7, 11) is 1.18. The Bertz CT molecular complexity index is 502. The van der Waals surface area contributed by atoms with Gasteiger partial charge in [-0.1, -0.05) is 0 Å². The lowest BCUT2D eigenvalue weighted by atomic mass is 10.1. The third kappa shape index (κ3) is 5.76. The predicted octanol–water partition coefficient (Wildman–Crippen LogP) is 2.57. The average molecular weight is 302 g/mol. The number of methoxy groups -OCH3 is 1. The van der Waals surface area contributed by atoms with Crippen LogP contribution in [0.1, 0.15) is 29.3 Å². The number of aryl methyl sites for hydroxylation is 1. The molecule has 0 atom stereocenters. The summed E-state index contributed by atoms with van der Waals surface area (Å²) in [6.07, 6.45) is 0.315. The number of hydrogen-bond donors (Lipinski definition) is 0. The molecule has 0 saturated heterocycles. The van der Waals surface area contributed by atoms with Crippen LogP contribution in [0.4, 0.5) is 8.78 Å². The van der Waals surface area contributed by atoms with E-state index in [0.717, 1.165) is 6.07 Å². The van der Waals surface area contributed by atoms with Gasteiger partial charge in [0.05, 0.1) is 19.3 Å². The van der Waals surface area contributed by atoms with E-state index in [-0.39, 0.29) is 30.8 Å². The van der Waals surface area contributed by atoms with Crippen molar-refractivity contribution < 1.29 is 32.6 Å². The highest BCUT2D eigenvalue weighted by Gasteiger charge is 2.13. The number of benzene rings is 1. The summed E-state index contributed by atoms with van der Waals surface area (Å²) in [4.78, 5) is 22.8. The standard InChI is InChI=1S/C14H16F2O5/c1-3-20-12(17)5-4-9-6-10(13(18)19-2)8-11(7-9)21-14(15)16/h6-8,14H,3-5H2,1-2H3. The molecule has 5 nitrogen and oxygen atoms in total. The summed E-state index contributed by atoms with van der Waals surface area (Å²) in [6.45, 7) is -1.05. The molecular weight excluding hydrogens is 286 g/mol. The van der Waals surface area contributed by atoms with Crippen LogP contribution in [0.15, 0.2) is 18.2 Å². The van der Waals surface area contributed by atoms with Gasteiger partial charge in [-0.2, -0.15) is 8.78 Å². The maximum atomic E-state index is 12.3. The van der Waals surface area contributed by atoms with Crippen molar-refractivity contribution in [1.82, 2.24) is 0 Å². The molecule has 1 rings (SSSR count). The van der Waals surface area contributed by atoms with E-state index in [9.17, 15) is 18.4 Å². The van der Waals surface area contributed by atoms with E-state index in [2.05, 4.69) is 9.47 Å². The zero-order valence-electron chi connectivity index (χ0n) is 11.7. The largest absolute Gasteiger partial charge is 0.466 e. The van der Waals surface area contributed by atoms with Crippen molar-refractivity contribution in [2.45, 2.75) is 26.4 Å². The van der Waals surface area contributed by atoms with Crippen LogP contribution in [-0.2, 0) is 20.7 Å². The van der Waals surface area contributed by atoms with Gasteiger partial charge in [-0.25, -0.2) is 4.79 Å². The molecule has 0 bridgehead atoms. The lowest BCUT2D eigenvalue weighted by Gasteiger charge is -2.10. The van der Waals surface area contributed by atoms with Crippen molar-refractivity contribution in [1.29, 1.82) is 0 Å². The minimum Gasteiger partial charge on any atom is -0.466 e. The molecule has 0 fully saturated rings. The van der Waals surface area contributed by atoms with Gasteiger partial charge in [0.15, 0.2) is 0 Å². The zero-order valence-corrected chi connectivity index (χ0v) is 11.7. The first-order valence-corrected chi connectivity index (χ1v) is 6.29. The number of carbonyl (C=O) groups is 2. The lowest BCUT2D eigenvalue weighted by molar-refractivity contribution is -0.143. The van der Waals surface area contributed by atoms with Gasteiger partial charge in [0.1, 0.15) is 5.75 Å². The van der Waals surface area contributed by atoms with Crippen LogP contribution in [0.3, 0.4) is 0 Å². The van der Waals surface area contributed by atoms with Gasteiger partial charge in [0.2, 0.25) is 0 Å². The van der Waals surface area contributed by atoms with Gasteiger partial charge in [0.25, 0.3) is 0 Å². The first-order valence-electron chi connectivity index (χ1n) is 6.29. The molecular formula is C14H16F2O5. The third-order valence-corrected chi connectivity index (χ3v) is 2.54. The Morgan fingerprint density at radius 2 is 1.95 bits per heavy atom. The highest BCUT2D eigenvalue weighted by molar-refractivity contribution is 5.90. The third-order valence-electron chi connectivity index (χ3n) is 2.54. The number of alkyl halides is 2. The molecule has 116 valence electrons. The van der Waals surface area contributed by atoms with Crippen LogP contribution < -0.4 is 4.74 Å². The van der Waals surface area contributed by atoms with Crippen molar-refractivity contribution in [3.05, 3.63) is 29.3 Å². The van der Waals surface area contributed by atoms with E-state index in [1.807, 2.05) is 0 Å². The molecule has 0 aliphatic heterocycles. The fraction of sp³-hybridized carbons (Fsp3) is 0.429. The van der Waals surface area contributed by atoms with Crippen molar-refractivity contribution in [3.63, 3.8) is 0 Å². The summed E-state index contributed by atoms with van der Waals surface area (Å²) >= 11 is 0. The van der Waals surface area contributed by atoms with Gasteiger partial charge >= 0.3 is 18.6 Å². The Kier molecular flexibility index (Phi) is 6.58. The van der Waals surface area contributed by atoms with Gasteiger partial charge in [0, 0.05) is 6.42 Å². The summed E-state index contributed by atoms with van der Waals surface area (Å²) in [5.41, 5.74) is 0.580. The predicted molar refractivity (Wildman–Crippen MR) is 69.4 cm³/mol. The minimum atomic E-state index is -3.00. The molecule has 0 heterocycles. The molecule has 0 unspecified atom stereocenters. The van der Waals surface area contributed by atoms with Gasteiger partial charge in [-0.3, -0.25) is 4.79 Å². The molecule has 21 heavy (non-hydrogen) atoms. The summed E-state index contributed by atoms with van der Waals surface area (Å²) in [5.74, 6) is -1.24. The summed E-state index contributed by atoms with van der Waals surface area (Å²) in [6, 6.07) is 3.97. The van der Waals surface area contributed by atoms with Crippen molar-refractivity contribution >= 4 is 11.9 Å². The van der Waals surface area contributed by atoms with Crippen molar-refractivity contribution in [2.75, 3.05) is 13.7 Å². The number of rotatable bonds is 7. The fourth-order valence-corrected chi connectivity index (χ4v) is 1.69. The Balaban J connectivity index is 2.90. The zero-order chi connectivity index (χ0) is 15.8. The highest BCUT2D eigenvalue weighted by Crippen LogP contribution is 2.21. The molecule has 1 aromatic rings. The molecule has 0 saturated carbocycles. The van der Waals surface area contributed by atoms with Crippen molar-refractivity contribution in [2.24, 2.45) is 0 Å². The molecule has 0 aliphatic carbocycles. The molecule has 0 aromatic heterocycles. The fourth-order valence-electron chi connectivity index (χ4n) is 1.69. The molecule has 0 amide bonds. The molecule has 1 aromatic carbocycles. The summed E-state index contributed by atoms with van der Waals surface area (Å²) < 4.78 is 38.1. The van der Waals surface area contributed by atoms with Gasteiger partial charge in [-0.15, -0.1) is 0 Å². The maximum absolute atomic E-state index is 12.3. The molecule has 0 radical (unpaired) electrons. The Morgan fingerprint density at radius 1 is 1.24 bits per heavy atom. The monoisotopic (exact) mass is 302 g/mol. The first-order chi connectivity index (χ1) is 9.96. The quantitative estimate of drug-likeness (QED) is 0.724. The van der Waals surface area contributed by atoms with E-state index in [1.54, 1.807) is 6.92 Å². The second-order valence-corrected chi connectivity index (χ2v) is 4.04. The van der Waals surface area contributed by atoms with E-state index >= 15 is 0 Å². The first kappa shape index (κ1) is 16.9. The van der Waals surface area contributed by atoms with Crippen LogP contribution >= 0.6 is 0 Å². The molecule has 0 N–H and O–H groups in total. The second kappa shape index (κ2) is 8.18. The van der Waals surface area contributed by atoms with Crippen LogP contribution in [0, 0.1) is 0 Å². The number of ether oxygens (including phenoxy) is 3. The van der Waals surface area contributed by atoms with Crippen LogP contribution in [-0.4, -0.2) is 32.3 Å². The smallest absolute Gasteiger partial charge is 0.387 e. The molecule has 0 aliphatic rings. The number of hydrogen-bond acceptors (Lipinski definition) is 5. The maximum Gasteiger partial charge on any atom is 0.387 e. The van der Waals surface area contributed by atoms with E-state index in [0.29, 0.717) is 5.56 Å². The highest BCUT2D eigenvalue weighted by atomic mass is 19.3. The van der Waals surface area contributed by atoms with Crippen LogP contribution in [0.2, 0.25) is 0 Å². The second-order valence-electron chi connectivity index (χ2n) is 4.04. The Morgan fingerprint density at radius 3 is 2.52 bits per heavy atom. The molecule has 0 spiro atoms. The topological polar surface area (TPSA) is 61.8 Å². The minimum absolute atomic E-state index is 0.0760. The van der Waals surface area contributed by atoms with Gasteiger partial charge < -0.3 is 14.2 Å². The van der Waals surface area contributed by atoms with Crippen LogP contribution in [0.25, 0.3) is 0 Å². The Labute approximate surface area is 120 Å². The molecule has 7 heteroatoms. The van der Waals surface area contributed by atoms with E-state index in [4.69, 9.17) is 4.74 Å². The van der Waals surface area contributed by atoms with E-state index in [1.165, 1.54) is 19.2 Å². The van der Waals surface area contributed by atoms with E-state index < -0.39 is 18.6 Å². The normalized spacial score (nSPS) is 10.3.